The maximum Gasteiger partial charge on any atom is 0.167 e. The van der Waals surface area contributed by atoms with E-state index in [0.717, 1.165) is 22.3 Å². The molecule has 3 aromatic rings. The number of rotatable bonds is 4. The largest absolute Gasteiger partial charge is 0.459 e. The van der Waals surface area contributed by atoms with Crippen LogP contribution in [-0.2, 0) is 0 Å². The number of para-hydroxylation sites is 1. The molecule has 116 valence electrons. The lowest BCUT2D eigenvalue weighted by molar-refractivity contribution is 0.505. The predicted molar refractivity (Wildman–Crippen MR) is 96.4 cm³/mol. The molecular formula is C19H18N2OS. The van der Waals surface area contributed by atoms with E-state index >= 15 is 0 Å². The Morgan fingerprint density at radius 1 is 1.04 bits per heavy atom. The second-order valence-corrected chi connectivity index (χ2v) is 6.33. The predicted octanol–water partition coefficient (Wildman–Crippen LogP) is 4.15. The molecular weight excluding hydrogens is 304 g/mol. The molecule has 1 aromatic heterocycles. The molecule has 4 rings (SSSR count). The van der Waals surface area contributed by atoms with Crippen molar-refractivity contribution in [3.8, 4) is 0 Å². The van der Waals surface area contributed by atoms with Gasteiger partial charge in [-0.2, -0.15) is 0 Å². The van der Waals surface area contributed by atoms with E-state index in [4.69, 9.17) is 16.6 Å². The van der Waals surface area contributed by atoms with Crippen LogP contribution in [0.5, 0.6) is 0 Å². The summed E-state index contributed by atoms with van der Waals surface area (Å²) in [5.74, 6) is 0.873. The average molecular weight is 322 g/mol. The summed E-state index contributed by atoms with van der Waals surface area (Å²) < 4.78 is 6.06. The highest BCUT2D eigenvalue weighted by Gasteiger charge is 2.24. The van der Waals surface area contributed by atoms with Gasteiger partial charge in [-0.3, -0.25) is 0 Å². The topological polar surface area (TPSA) is 37.2 Å². The minimum Gasteiger partial charge on any atom is -0.459 e. The van der Waals surface area contributed by atoms with Gasteiger partial charge in [-0.15, -0.1) is 0 Å². The Kier molecular flexibility index (Phi) is 3.75. The minimum absolute atomic E-state index is 0.0950. The van der Waals surface area contributed by atoms with E-state index in [0.29, 0.717) is 11.2 Å². The van der Waals surface area contributed by atoms with E-state index in [2.05, 4.69) is 34.9 Å². The molecule has 1 heterocycles. The normalized spacial score (nSPS) is 15.3. The van der Waals surface area contributed by atoms with E-state index in [9.17, 15) is 0 Å². The molecule has 0 saturated heterocycles. The first-order chi connectivity index (χ1) is 11.3. The van der Waals surface area contributed by atoms with Gasteiger partial charge in [0.15, 0.2) is 5.11 Å². The molecule has 4 heteroatoms. The van der Waals surface area contributed by atoms with Gasteiger partial charge in [0.2, 0.25) is 0 Å². The maximum absolute atomic E-state index is 6.06. The van der Waals surface area contributed by atoms with Gasteiger partial charge in [0.1, 0.15) is 17.4 Å². The molecule has 0 unspecified atom stereocenters. The number of hydrogen-bond acceptors (Lipinski definition) is 2. The second-order valence-electron chi connectivity index (χ2n) is 5.92. The fraction of sp³-hybridized carbons (Fsp3) is 0.211. The van der Waals surface area contributed by atoms with E-state index in [-0.39, 0.29) is 6.04 Å². The van der Waals surface area contributed by atoms with Gasteiger partial charge >= 0.3 is 0 Å². The summed E-state index contributed by atoms with van der Waals surface area (Å²) in [6.07, 6.45) is 2.39. The van der Waals surface area contributed by atoms with Crippen molar-refractivity contribution in [2.45, 2.75) is 24.9 Å². The Morgan fingerprint density at radius 3 is 2.52 bits per heavy atom. The molecule has 1 fully saturated rings. The molecule has 0 bridgehead atoms. The van der Waals surface area contributed by atoms with Gasteiger partial charge < -0.3 is 15.1 Å². The summed E-state index contributed by atoms with van der Waals surface area (Å²) in [4.78, 5) is 0. The summed E-state index contributed by atoms with van der Waals surface area (Å²) in [5, 5.41) is 8.53. The summed E-state index contributed by atoms with van der Waals surface area (Å²) in [6.45, 7) is 0. The van der Waals surface area contributed by atoms with Crippen molar-refractivity contribution in [3.63, 3.8) is 0 Å². The van der Waals surface area contributed by atoms with Crippen LogP contribution in [0.3, 0.4) is 0 Å². The third kappa shape index (κ3) is 3.22. The van der Waals surface area contributed by atoms with E-state index in [1.54, 1.807) is 0 Å². The third-order valence-corrected chi connectivity index (χ3v) is 4.29. The monoisotopic (exact) mass is 322 g/mol. The zero-order chi connectivity index (χ0) is 15.6. The molecule has 1 aliphatic carbocycles. The van der Waals surface area contributed by atoms with E-state index < -0.39 is 0 Å². The second kappa shape index (κ2) is 6.05. The molecule has 0 aliphatic heterocycles. The van der Waals surface area contributed by atoms with Gasteiger partial charge in [-0.25, -0.2) is 0 Å². The lowest BCUT2D eigenvalue weighted by atomic mass is 10.0. The van der Waals surface area contributed by atoms with Crippen LogP contribution in [-0.4, -0.2) is 11.2 Å². The molecule has 2 aromatic carbocycles. The van der Waals surface area contributed by atoms with Crippen LogP contribution in [0.25, 0.3) is 11.0 Å². The van der Waals surface area contributed by atoms with Crippen molar-refractivity contribution < 1.29 is 4.42 Å². The number of benzene rings is 2. The number of nitrogens with one attached hydrogen (secondary N) is 2. The molecule has 3 nitrogen and oxygen atoms in total. The molecule has 1 atom stereocenters. The quantitative estimate of drug-likeness (QED) is 0.708. The van der Waals surface area contributed by atoms with Crippen molar-refractivity contribution in [1.82, 2.24) is 10.6 Å². The highest BCUT2D eigenvalue weighted by Crippen LogP contribution is 2.28. The summed E-state index contributed by atoms with van der Waals surface area (Å²) in [6, 6.07) is 20.8. The van der Waals surface area contributed by atoms with Crippen LogP contribution in [0.4, 0.5) is 0 Å². The molecule has 23 heavy (non-hydrogen) atoms. The van der Waals surface area contributed by atoms with Crippen LogP contribution in [0, 0.1) is 0 Å². The lowest BCUT2D eigenvalue weighted by Crippen LogP contribution is -2.39. The van der Waals surface area contributed by atoms with Crippen LogP contribution >= 0.6 is 12.2 Å². The first-order valence-electron chi connectivity index (χ1n) is 7.90. The van der Waals surface area contributed by atoms with Crippen LogP contribution in [0.15, 0.2) is 65.1 Å². The average Bonchev–Trinajstić information content (AvgIpc) is 3.28. The SMILES string of the molecule is S=C(NC1CC1)N[C@@H](c1ccccc1)c1cc2ccccc2o1. The fourth-order valence-corrected chi connectivity index (χ4v) is 2.98. The standard InChI is InChI=1S/C19H18N2OS/c23-19(20-15-10-11-15)21-18(13-6-2-1-3-7-13)17-12-14-8-4-5-9-16(14)22-17/h1-9,12,15,18H,10-11H2,(H2,20,21,23)/t18-/m0/s1. The number of thiocarbonyl (C=S) groups is 1. The third-order valence-electron chi connectivity index (χ3n) is 4.05. The van der Waals surface area contributed by atoms with Crippen molar-refractivity contribution in [3.05, 3.63) is 72.0 Å². The van der Waals surface area contributed by atoms with Gasteiger partial charge in [0.05, 0.1) is 0 Å². The van der Waals surface area contributed by atoms with Crippen molar-refractivity contribution >= 4 is 28.3 Å². The van der Waals surface area contributed by atoms with Crippen molar-refractivity contribution in [2.24, 2.45) is 0 Å². The zero-order valence-corrected chi connectivity index (χ0v) is 13.5. The van der Waals surface area contributed by atoms with Crippen LogP contribution in [0.1, 0.15) is 30.2 Å². The molecule has 0 radical (unpaired) electrons. The highest BCUT2D eigenvalue weighted by atomic mass is 32.1. The highest BCUT2D eigenvalue weighted by molar-refractivity contribution is 7.80. The van der Waals surface area contributed by atoms with Gasteiger partial charge in [0.25, 0.3) is 0 Å². The molecule has 0 spiro atoms. The molecule has 0 amide bonds. The first-order valence-corrected chi connectivity index (χ1v) is 8.31. The summed E-state index contributed by atoms with van der Waals surface area (Å²) >= 11 is 5.46. The number of fused-ring (bicyclic) bond motifs is 1. The first kappa shape index (κ1) is 14.3. The Balaban J connectivity index is 1.67. The minimum atomic E-state index is -0.0950. The van der Waals surface area contributed by atoms with Crippen molar-refractivity contribution in [2.75, 3.05) is 0 Å². The number of furan rings is 1. The van der Waals surface area contributed by atoms with Crippen LogP contribution in [0.2, 0.25) is 0 Å². The van der Waals surface area contributed by atoms with Gasteiger partial charge in [-0.05, 0) is 42.8 Å². The zero-order valence-electron chi connectivity index (χ0n) is 12.7. The Bertz CT molecular complexity index is 791. The van der Waals surface area contributed by atoms with Gasteiger partial charge in [-0.1, -0.05) is 48.5 Å². The number of hydrogen-bond donors (Lipinski definition) is 2. The summed E-state index contributed by atoms with van der Waals surface area (Å²) in [5.41, 5.74) is 2.03. The van der Waals surface area contributed by atoms with E-state index in [1.807, 2.05) is 36.4 Å². The molecule has 1 saturated carbocycles. The van der Waals surface area contributed by atoms with Crippen molar-refractivity contribution in [1.29, 1.82) is 0 Å². The summed E-state index contributed by atoms with van der Waals surface area (Å²) in [7, 11) is 0. The maximum atomic E-state index is 6.06. The molecule has 2 N–H and O–H groups in total. The fourth-order valence-electron chi connectivity index (χ4n) is 2.69. The lowest BCUT2D eigenvalue weighted by Gasteiger charge is -2.19. The van der Waals surface area contributed by atoms with E-state index in [1.165, 1.54) is 12.8 Å². The van der Waals surface area contributed by atoms with Crippen LogP contribution < -0.4 is 10.6 Å². The smallest absolute Gasteiger partial charge is 0.167 e. The Morgan fingerprint density at radius 2 is 1.78 bits per heavy atom. The Hall–Kier alpha value is -2.33. The molecule has 1 aliphatic rings. The Labute approximate surface area is 140 Å². The van der Waals surface area contributed by atoms with Gasteiger partial charge in [0, 0.05) is 11.4 Å².